The first-order valence-electron chi connectivity index (χ1n) is 31.9. The molecule has 2 fully saturated rings. The Morgan fingerprint density at radius 2 is 0.879 bits per heavy atom. The number of benzene rings is 8. The maximum absolute atomic E-state index is 16.3. The van der Waals surface area contributed by atoms with E-state index in [-0.39, 0.29) is 23.6 Å². The summed E-state index contributed by atoms with van der Waals surface area (Å²) in [6, 6.07) is 76.4. The molecule has 2 saturated heterocycles. The molecule has 0 amide bonds. The van der Waals surface area contributed by atoms with Gasteiger partial charge in [0.05, 0.1) is 24.3 Å². The van der Waals surface area contributed by atoms with Crippen molar-refractivity contribution in [3.05, 3.63) is 322 Å². The molecule has 2 aliphatic rings. The lowest BCUT2D eigenvalue weighted by Gasteiger charge is -2.37. The summed E-state index contributed by atoms with van der Waals surface area (Å²) in [6.07, 6.45) is -5.99. The zero-order chi connectivity index (χ0) is 70.4. The van der Waals surface area contributed by atoms with Gasteiger partial charge in [0.25, 0.3) is 0 Å². The molecule has 0 bridgehead atoms. The van der Waals surface area contributed by atoms with E-state index in [0.717, 1.165) is 45.4 Å². The minimum Gasteiger partial charge on any atom is -0.518 e. The fourth-order valence-corrected chi connectivity index (χ4v) is 13.7. The van der Waals surface area contributed by atoms with Crippen molar-refractivity contribution in [3.8, 4) is 6.01 Å². The number of aromatic nitrogens is 4. The highest BCUT2D eigenvalue weighted by Gasteiger charge is 2.64. The highest BCUT2D eigenvalue weighted by atomic mass is 127. The summed E-state index contributed by atoms with van der Waals surface area (Å²) >= 11 is 1.54. The van der Waals surface area contributed by atoms with Crippen LogP contribution in [0.1, 0.15) is 60.3 Å². The lowest BCUT2D eigenvalue weighted by atomic mass is 9.80. The molecule has 3 unspecified atom stereocenters. The summed E-state index contributed by atoms with van der Waals surface area (Å²) in [5.41, 5.74) is 7.11. The third-order valence-electron chi connectivity index (χ3n) is 15.8. The Morgan fingerprint density at radius 3 is 1.23 bits per heavy atom. The Balaban J connectivity index is 0.000000177. The van der Waals surface area contributed by atoms with Crippen LogP contribution in [0.15, 0.2) is 272 Å². The molecule has 0 saturated carbocycles. The molecule has 10 aromatic rings. The molecule has 3 N–H and O–H groups in total. The molecule has 0 aliphatic carbocycles. The number of nitrogens with two attached hydrogens (primary N) is 1. The number of carbonyl (C=O) groups is 2. The van der Waals surface area contributed by atoms with Gasteiger partial charge in [-0.2, -0.15) is 27.5 Å². The van der Waals surface area contributed by atoms with E-state index in [9.17, 15) is 14.4 Å². The van der Waals surface area contributed by atoms with Crippen LogP contribution in [0.25, 0.3) is 0 Å². The van der Waals surface area contributed by atoms with Gasteiger partial charge in [-0.15, -0.1) is 0 Å². The maximum atomic E-state index is 16.3. The van der Waals surface area contributed by atoms with Crippen molar-refractivity contribution in [2.24, 2.45) is 0 Å². The van der Waals surface area contributed by atoms with Gasteiger partial charge < -0.3 is 43.6 Å². The van der Waals surface area contributed by atoms with Gasteiger partial charge in [-0.1, -0.05) is 238 Å². The average molecular weight is 1490 g/mol. The number of nitrogens with zero attached hydrogens (tertiary/aromatic N) is 4. The van der Waals surface area contributed by atoms with Crippen molar-refractivity contribution >= 4 is 62.7 Å². The molecule has 2 aliphatic heterocycles. The Labute approximate surface area is 587 Å². The number of alkyl halides is 5. The molecular formula is C76H75F4IN6O10Si2. The summed E-state index contributed by atoms with van der Waals surface area (Å²) in [5, 5.41) is 0. The molecule has 6 atom stereocenters. The van der Waals surface area contributed by atoms with Crippen molar-refractivity contribution in [3.63, 3.8) is 0 Å². The quantitative estimate of drug-likeness (QED) is 0.0172. The van der Waals surface area contributed by atoms with E-state index in [1.54, 1.807) is 65.2 Å². The van der Waals surface area contributed by atoms with E-state index in [4.69, 9.17) is 38.6 Å². The van der Waals surface area contributed by atoms with E-state index < -0.39 is 98.6 Å². The molecular weight excluding hydrogens is 1420 g/mol. The number of carbonyl (C=O) groups excluding carboxylic acids is 2. The van der Waals surface area contributed by atoms with Gasteiger partial charge >= 0.3 is 35.5 Å². The maximum Gasteiger partial charge on any atom is 0.351 e. The van der Waals surface area contributed by atoms with Crippen molar-refractivity contribution in [1.29, 1.82) is 0 Å². The van der Waals surface area contributed by atoms with Crippen LogP contribution in [-0.4, -0.2) is 102 Å². The van der Waals surface area contributed by atoms with Gasteiger partial charge in [0, 0.05) is 12.4 Å². The Bertz CT molecular complexity index is 4070. The fraction of sp³-hybridized carbons (Fsp3) is 0.237. The molecule has 16 nitrogen and oxygen atoms in total. The van der Waals surface area contributed by atoms with Gasteiger partial charge in [-0.25, -0.2) is 19.4 Å². The molecule has 99 heavy (non-hydrogen) atoms. The second-order valence-corrected chi connectivity index (χ2v) is 35.6. The summed E-state index contributed by atoms with van der Waals surface area (Å²) < 4.78 is 104. The number of anilines is 2. The van der Waals surface area contributed by atoms with Gasteiger partial charge in [0.1, 0.15) is 43.3 Å². The monoisotopic (exact) mass is 1490 g/mol. The van der Waals surface area contributed by atoms with Crippen LogP contribution < -0.4 is 20.8 Å². The number of hydrogen-bond donors (Lipinski definition) is 2. The minimum atomic E-state index is -3.87. The lowest BCUT2D eigenvalue weighted by Crippen LogP contribution is -2.45. The van der Waals surface area contributed by atoms with E-state index in [2.05, 4.69) is 59.2 Å². The van der Waals surface area contributed by atoms with Crippen LogP contribution in [0.4, 0.5) is 29.2 Å². The Morgan fingerprint density at radius 1 is 0.525 bits per heavy atom. The van der Waals surface area contributed by atoms with Gasteiger partial charge in [-0.05, 0) is 112 Å². The minimum absolute atomic E-state index is 0.0786. The zero-order valence-corrected chi connectivity index (χ0v) is 59.3. The van der Waals surface area contributed by atoms with Crippen LogP contribution in [0.2, 0.25) is 39.3 Å². The van der Waals surface area contributed by atoms with Crippen molar-refractivity contribution in [1.82, 2.24) is 19.5 Å². The molecule has 0 radical (unpaired) electrons. The first-order chi connectivity index (χ1) is 47.4. The average Bonchev–Trinajstić information content (AvgIpc) is 1.11. The summed E-state index contributed by atoms with van der Waals surface area (Å²) in [7, 11) is -2.99. The lowest BCUT2D eigenvalue weighted by molar-refractivity contribution is -0.143. The summed E-state index contributed by atoms with van der Waals surface area (Å²) in [4.78, 5) is 54.0. The number of nitrogens with one attached hydrogen (secondary N) is 1. The van der Waals surface area contributed by atoms with Crippen molar-refractivity contribution in [2.45, 2.75) is 97.1 Å². The fourth-order valence-electron chi connectivity index (χ4n) is 11.4. The number of halogens is 5. The molecule has 12 rings (SSSR count). The molecule has 8 aromatic carbocycles. The van der Waals surface area contributed by atoms with Crippen LogP contribution in [0.3, 0.4) is 0 Å². The third kappa shape index (κ3) is 17.4. The van der Waals surface area contributed by atoms with Crippen molar-refractivity contribution in [2.75, 3.05) is 23.9 Å². The normalized spacial score (nSPS) is 18.7. The SMILES string of the molecule is C[Si](C)(C)Nc1ccnc(O[Si](C)(C)C)n1.Nc1ccn([C@@H]2O[C@H](COC(c3ccccc3)(c3ccccc3)c3ccccc3)C(OC(=O)c3ccccc3)C2(F)F)c(=O)n1.O=C(OC1[C@@H](COC(c2ccccc2)(c2ccccc2)c2ccccc2)OC(I)C1(F)F)c1ccccc1. The van der Waals surface area contributed by atoms with E-state index in [1.807, 2.05) is 188 Å². The molecule has 512 valence electrons. The Hall–Kier alpha value is -9.22. The van der Waals surface area contributed by atoms with E-state index >= 15 is 17.6 Å². The number of rotatable bonds is 21. The molecule has 4 heterocycles. The first-order valence-corrected chi connectivity index (χ1v) is 40.0. The molecule has 2 aromatic heterocycles. The largest absolute Gasteiger partial charge is 0.518 e. The number of ether oxygens (including phenoxy) is 6. The van der Waals surface area contributed by atoms with Crippen LogP contribution in [-0.2, 0) is 39.6 Å². The summed E-state index contributed by atoms with van der Waals surface area (Å²) in [5.74, 6) is -8.36. The number of nitrogen functional groups attached to an aromatic ring is 1. The van der Waals surface area contributed by atoms with Crippen LogP contribution in [0.5, 0.6) is 6.01 Å². The molecule has 0 spiro atoms. The predicted molar refractivity (Wildman–Crippen MR) is 384 cm³/mol. The van der Waals surface area contributed by atoms with Gasteiger partial charge in [0.15, 0.2) is 16.3 Å². The van der Waals surface area contributed by atoms with E-state index in [0.29, 0.717) is 10.6 Å². The second kappa shape index (κ2) is 31.8. The van der Waals surface area contributed by atoms with Gasteiger partial charge in [-0.3, -0.25) is 4.57 Å². The van der Waals surface area contributed by atoms with Crippen molar-refractivity contribution < 1.29 is 60.0 Å². The summed E-state index contributed by atoms with van der Waals surface area (Å²) in [6.45, 7) is 12.4. The topological polar surface area (TPSA) is 197 Å². The zero-order valence-electron chi connectivity index (χ0n) is 55.1. The Kier molecular flexibility index (Phi) is 23.3. The second-order valence-electron chi connectivity index (χ2n) is 25.3. The standard InChI is InChI=1S/C35H29F2N3O5.C31H25F2IO4.C10H21N3OSi2/c36-35(37)30(45-31(41)24-13-5-1-6-14-24)28(44-32(35)40-22-21-29(38)39-33(40)42)23-43-34(25-15-7-2-8-16-25,26-17-9-3-10-18-26)27-19-11-4-12-20-27;32-31(33)27(38-28(35)22-13-5-1-6-14-22)26(37-29(31)34)21-36-30(23-15-7-2-8-16-23,24-17-9-3-10-18-24)25-19-11-4-12-20-25;1-15(2,3)13-9-7-8-11-10(12-9)14-16(4,5)6/h1-22,28,30,32H,23H2,(H2,38,39,42);1-20,26-27,29H,21H2;7-8H,1-6H3,(H,11,12,13)/t28-,30?,32-;26-,27?,29?;/m11./s1. The number of esters is 2. The van der Waals surface area contributed by atoms with Crippen LogP contribution in [0, 0.1) is 0 Å². The highest BCUT2D eigenvalue weighted by molar-refractivity contribution is 14.1. The smallest absolute Gasteiger partial charge is 0.351 e. The molecule has 23 heteroatoms. The van der Waals surface area contributed by atoms with Gasteiger partial charge in [0.2, 0.25) is 14.5 Å². The van der Waals surface area contributed by atoms with Crippen LogP contribution >= 0.6 is 22.6 Å². The van der Waals surface area contributed by atoms with E-state index in [1.165, 1.54) is 30.3 Å². The predicted octanol–water partition coefficient (Wildman–Crippen LogP) is 15.5. The number of hydrogen-bond acceptors (Lipinski definition) is 15. The highest BCUT2D eigenvalue weighted by Crippen LogP contribution is 2.48. The first kappa shape index (κ1) is 72.5. The third-order valence-corrected chi connectivity index (χ3v) is 18.7.